The summed E-state index contributed by atoms with van der Waals surface area (Å²) in [5.74, 6) is -0.712. The van der Waals surface area contributed by atoms with Gasteiger partial charge in [0.25, 0.3) is 0 Å². The third kappa shape index (κ3) is 3.63. The lowest BCUT2D eigenvalue weighted by Gasteiger charge is -2.11. The topological polar surface area (TPSA) is 82.7 Å². The van der Waals surface area contributed by atoms with Crippen LogP contribution in [0.3, 0.4) is 0 Å². The largest absolute Gasteiger partial charge is 0.475 e. The van der Waals surface area contributed by atoms with E-state index in [4.69, 9.17) is 14.6 Å². The molecule has 1 unspecified atom stereocenters. The highest BCUT2D eigenvalue weighted by atomic mass is 16.4. The Labute approximate surface area is 87.7 Å². The fourth-order valence-corrected chi connectivity index (χ4v) is 1.24. The molecule has 1 atom stereocenters. The van der Waals surface area contributed by atoms with Crippen LogP contribution in [0.15, 0.2) is 16.5 Å². The summed E-state index contributed by atoms with van der Waals surface area (Å²) in [5.41, 5.74) is 0. The van der Waals surface area contributed by atoms with Crippen molar-refractivity contribution in [1.29, 1.82) is 0 Å². The molecule has 0 amide bonds. The van der Waals surface area contributed by atoms with E-state index in [0.717, 1.165) is 6.42 Å². The molecule has 1 rings (SSSR count). The van der Waals surface area contributed by atoms with Crippen LogP contribution in [0.2, 0.25) is 0 Å². The number of nitrogens with one attached hydrogen (secondary N) is 1. The number of aromatic carboxylic acids is 1. The molecule has 1 aromatic heterocycles. The summed E-state index contributed by atoms with van der Waals surface area (Å²) in [7, 11) is 0. The van der Waals surface area contributed by atoms with Crippen LogP contribution >= 0.6 is 0 Å². The van der Waals surface area contributed by atoms with Crippen LogP contribution in [0.5, 0.6) is 0 Å². The lowest BCUT2D eigenvalue weighted by molar-refractivity contribution is 0.0663. The van der Waals surface area contributed by atoms with Crippen LogP contribution in [-0.4, -0.2) is 28.8 Å². The third-order valence-corrected chi connectivity index (χ3v) is 2.00. The first-order chi connectivity index (χ1) is 7.13. The van der Waals surface area contributed by atoms with E-state index in [1.165, 1.54) is 6.07 Å². The Morgan fingerprint density at radius 3 is 2.87 bits per heavy atom. The van der Waals surface area contributed by atoms with Gasteiger partial charge >= 0.3 is 5.97 Å². The standard InChI is InChI=1S/C10H15NO4/c1-7(3-2-6-12)11-9-5-4-8(15-9)10(13)14/h4-5,7,11-12H,2-3,6H2,1H3,(H,13,14). The second-order valence-electron chi connectivity index (χ2n) is 3.38. The van der Waals surface area contributed by atoms with Gasteiger partial charge in [0.2, 0.25) is 5.76 Å². The van der Waals surface area contributed by atoms with Crippen molar-refractivity contribution in [2.75, 3.05) is 11.9 Å². The number of carboxylic acids is 1. The molecule has 0 bridgehead atoms. The van der Waals surface area contributed by atoms with Gasteiger partial charge in [0, 0.05) is 18.7 Å². The number of rotatable bonds is 6. The molecule has 3 N–H and O–H groups in total. The van der Waals surface area contributed by atoms with Crippen molar-refractivity contribution in [2.45, 2.75) is 25.8 Å². The highest BCUT2D eigenvalue weighted by Crippen LogP contribution is 2.15. The van der Waals surface area contributed by atoms with E-state index in [1.54, 1.807) is 6.07 Å². The maximum atomic E-state index is 10.5. The molecule has 0 saturated carbocycles. The van der Waals surface area contributed by atoms with Gasteiger partial charge in [-0.05, 0) is 25.8 Å². The lowest BCUT2D eigenvalue weighted by Crippen LogP contribution is -2.14. The van der Waals surface area contributed by atoms with Gasteiger partial charge in [0.1, 0.15) is 0 Å². The molecule has 0 fully saturated rings. The summed E-state index contributed by atoms with van der Waals surface area (Å²) in [5, 5.41) is 20.3. The smallest absolute Gasteiger partial charge is 0.371 e. The van der Waals surface area contributed by atoms with Crippen LogP contribution in [0.1, 0.15) is 30.3 Å². The van der Waals surface area contributed by atoms with E-state index in [2.05, 4.69) is 5.32 Å². The van der Waals surface area contributed by atoms with Gasteiger partial charge in [0.15, 0.2) is 5.88 Å². The van der Waals surface area contributed by atoms with Crippen molar-refractivity contribution in [2.24, 2.45) is 0 Å². The fraction of sp³-hybridized carbons (Fsp3) is 0.500. The van der Waals surface area contributed by atoms with E-state index < -0.39 is 5.97 Å². The molecule has 0 spiro atoms. The summed E-state index contributed by atoms with van der Waals surface area (Å²) in [6.45, 7) is 2.10. The van der Waals surface area contributed by atoms with Crippen LogP contribution in [0.4, 0.5) is 5.88 Å². The van der Waals surface area contributed by atoms with Crippen molar-refractivity contribution >= 4 is 11.9 Å². The Balaban J connectivity index is 2.46. The van der Waals surface area contributed by atoms with Crippen molar-refractivity contribution in [1.82, 2.24) is 0 Å². The van der Waals surface area contributed by atoms with E-state index >= 15 is 0 Å². The Morgan fingerprint density at radius 1 is 1.60 bits per heavy atom. The van der Waals surface area contributed by atoms with Crippen molar-refractivity contribution in [3.05, 3.63) is 17.9 Å². The molecule has 15 heavy (non-hydrogen) atoms. The number of furan rings is 1. The Hall–Kier alpha value is -1.49. The molecule has 0 aliphatic heterocycles. The first-order valence-electron chi connectivity index (χ1n) is 4.84. The molecule has 0 radical (unpaired) electrons. The molecule has 0 aliphatic carbocycles. The zero-order chi connectivity index (χ0) is 11.3. The predicted octanol–water partition coefficient (Wildman–Crippen LogP) is 1.55. The molecule has 0 aromatic carbocycles. The van der Waals surface area contributed by atoms with Gasteiger partial charge in [-0.1, -0.05) is 0 Å². The summed E-state index contributed by atoms with van der Waals surface area (Å²) >= 11 is 0. The second kappa shape index (κ2) is 5.41. The number of carboxylic acid groups (broad SMARTS) is 1. The minimum absolute atomic E-state index is 0.0770. The fourth-order valence-electron chi connectivity index (χ4n) is 1.24. The SMILES string of the molecule is CC(CCCO)Nc1ccc(C(=O)O)o1. The van der Waals surface area contributed by atoms with Crippen molar-refractivity contribution in [3.63, 3.8) is 0 Å². The number of hydrogen-bond acceptors (Lipinski definition) is 4. The molecule has 0 saturated heterocycles. The van der Waals surface area contributed by atoms with Crippen molar-refractivity contribution in [3.8, 4) is 0 Å². The number of carbonyl (C=O) groups is 1. The van der Waals surface area contributed by atoms with E-state index in [-0.39, 0.29) is 18.4 Å². The minimum atomic E-state index is -1.08. The predicted molar refractivity (Wildman–Crippen MR) is 55.1 cm³/mol. The van der Waals surface area contributed by atoms with Crippen LogP contribution in [0, 0.1) is 0 Å². The molecule has 1 heterocycles. The number of aliphatic hydroxyl groups is 1. The molecule has 5 nitrogen and oxygen atoms in total. The monoisotopic (exact) mass is 213 g/mol. The van der Waals surface area contributed by atoms with Crippen molar-refractivity contribution < 1.29 is 19.4 Å². The summed E-state index contributed by atoms with van der Waals surface area (Å²) in [4.78, 5) is 10.5. The molecule has 84 valence electrons. The van der Waals surface area contributed by atoms with Crippen LogP contribution in [-0.2, 0) is 0 Å². The van der Waals surface area contributed by atoms with Gasteiger partial charge in [-0.2, -0.15) is 0 Å². The number of hydrogen-bond donors (Lipinski definition) is 3. The number of aliphatic hydroxyl groups excluding tert-OH is 1. The first kappa shape index (κ1) is 11.6. The van der Waals surface area contributed by atoms with Gasteiger partial charge in [-0.3, -0.25) is 0 Å². The molecule has 1 aromatic rings. The minimum Gasteiger partial charge on any atom is -0.475 e. The highest BCUT2D eigenvalue weighted by Gasteiger charge is 2.10. The summed E-state index contributed by atoms with van der Waals surface area (Å²) < 4.78 is 5.02. The average Bonchev–Trinajstić information content (AvgIpc) is 2.63. The lowest BCUT2D eigenvalue weighted by atomic mass is 10.2. The normalized spacial score (nSPS) is 12.4. The zero-order valence-electron chi connectivity index (χ0n) is 8.56. The maximum absolute atomic E-state index is 10.5. The van der Waals surface area contributed by atoms with Gasteiger partial charge in [0.05, 0.1) is 0 Å². The third-order valence-electron chi connectivity index (χ3n) is 2.00. The first-order valence-corrected chi connectivity index (χ1v) is 4.84. The van der Waals surface area contributed by atoms with E-state index in [0.29, 0.717) is 12.3 Å². The maximum Gasteiger partial charge on any atom is 0.371 e. The van der Waals surface area contributed by atoms with E-state index in [1.807, 2.05) is 6.92 Å². The van der Waals surface area contributed by atoms with Gasteiger partial charge in [-0.25, -0.2) is 4.79 Å². The molecule has 5 heteroatoms. The Kier molecular flexibility index (Phi) is 4.17. The molecular weight excluding hydrogens is 198 g/mol. The number of anilines is 1. The van der Waals surface area contributed by atoms with Crippen LogP contribution in [0.25, 0.3) is 0 Å². The Bertz CT molecular complexity index is 321. The second-order valence-corrected chi connectivity index (χ2v) is 3.38. The zero-order valence-corrected chi connectivity index (χ0v) is 8.56. The summed E-state index contributed by atoms with van der Waals surface area (Å²) in [6.07, 6.45) is 1.51. The molecule has 0 aliphatic rings. The van der Waals surface area contributed by atoms with Gasteiger partial charge < -0.3 is 19.9 Å². The van der Waals surface area contributed by atoms with E-state index in [9.17, 15) is 4.79 Å². The molecular formula is C10H15NO4. The average molecular weight is 213 g/mol. The van der Waals surface area contributed by atoms with Gasteiger partial charge in [-0.15, -0.1) is 0 Å². The highest BCUT2D eigenvalue weighted by molar-refractivity contribution is 5.84. The quantitative estimate of drug-likeness (QED) is 0.667. The Morgan fingerprint density at radius 2 is 2.33 bits per heavy atom. The summed E-state index contributed by atoms with van der Waals surface area (Å²) in [6, 6.07) is 3.13. The van der Waals surface area contributed by atoms with Crippen LogP contribution < -0.4 is 5.32 Å².